The standard InChI is InChI=1S/C49H31N7/c1-3-13-32(14-4-1)38-29-39(54-49(53-38)35-15-5-2-6-16-35)33-23-25-34(26-24-33)46-44(55-40-19-9-7-17-36(40)47-42(55)21-11-27-51-47)30-50-31-45(46)56-41-20-10-8-18-37(41)48-43(56)22-12-28-52-48/h1-31H. The van der Waals surface area contributed by atoms with Crippen LogP contribution in [0.15, 0.2) is 189 Å². The molecule has 0 spiro atoms. The summed E-state index contributed by atoms with van der Waals surface area (Å²) in [5, 5.41) is 2.17. The van der Waals surface area contributed by atoms with Gasteiger partial charge in [0.15, 0.2) is 5.82 Å². The van der Waals surface area contributed by atoms with Crippen molar-refractivity contribution in [3.63, 3.8) is 0 Å². The summed E-state index contributed by atoms with van der Waals surface area (Å²) in [6.45, 7) is 0. The number of benzene rings is 5. The van der Waals surface area contributed by atoms with Gasteiger partial charge in [-0.3, -0.25) is 15.0 Å². The number of aromatic nitrogens is 7. The van der Waals surface area contributed by atoms with Gasteiger partial charge in [-0.2, -0.15) is 0 Å². The zero-order chi connectivity index (χ0) is 37.0. The molecule has 0 aliphatic heterocycles. The summed E-state index contributed by atoms with van der Waals surface area (Å²) in [6, 6.07) is 56.4. The highest BCUT2D eigenvalue weighted by Gasteiger charge is 2.23. The van der Waals surface area contributed by atoms with Crippen molar-refractivity contribution >= 4 is 43.9 Å². The Morgan fingerprint density at radius 3 is 1.38 bits per heavy atom. The molecule has 262 valence electrons. The van der Waals surface area contributed by atoms with E-state index in [-0.39, 0.29) is 0 Å². The van der Waals surface area contributed by atoms with Crippen LogP contribution in [0.1, 0.15) is 0 Å². The number of pyridine rings is 3. The molecule has 6 aromatic heterocycles. The molecule has 7 heteroatoms. The van der Waals surface area contributed by atoms with Crippen LogP contribution in [0.25, 0.3) is 100 Å². The van der Waals surface area contributed by atoms with E-state index in [4.69, 9.17) is 24.9 Å². The number of fused-ring (bicyclic) bond motifs is 6. The number of rotatable bonds is 6. The van der Waals surface area contributed by atoms with Crippen LogP contribution in [0.3, 0.4) is 0 Å². The van der Waals surface area contributed by atoms with Gasteiger partial charge in [-0.25, -0.2) is 9.97 Å². The Hall–Kier alpha value is -7.77. The van der Waals surface area contributed by atoms with Crippen LogP contribution in [0.5, 0.6) is 0 Å². The molecule has 0 saturated carbocycles. The van der Waals surface area contributed by atoms with Gasteiger partial charge in [0.2, 0.25) is 0 Å². The third-order valence-electron chi connectivity index (χ3n) is 10.5. The Labute approximate surface area is 321 Å². The molecule has 11 aromatic rings. The molecule has 0 saturated heterocycles. The second-order valence-electron chi connectivity index (χ2n) is 13.8. The average Bonchev–Trinajstić information content (AvgIpc) is 3.80. The van der Waals surface area contributed by atoms with Gasteiger partial charge in [0.1, 0.15) is 0 Å². The highest BCUT2D eigenvalue weighted by Crippen LogP contribution is 2.41. The zero-order valence-electron chi connectivity index (χ0n) is 30.0. The quantitative estimate of drug-likeness (QED) is 0.171. The van der Waals surface area contributed by atoms with Gasteiger partial charge in [-0.1, -0.05) is 121 Å². The van der Waals surface area contributed by atoms with Crippen LogP contribution in [0.2, 0.25) is 0 Å². The maximum absolute atomic E-state index is 5.11. The Balaban J connectivity index is 1.16. The molecule has 56 heavy (non-hydrogen) atoms. The van der Waals surface area contributed by atoms with Crippen LogP contribution in [0.4, 0.5) is 0 Å². The molecule has 0 atom stereocenters. The Kier molecular flexibility index (Phi) is 7.35. The second-order valence-corrected chi connectivity index (χ2v) is 13.8. The fraction of sp³-hybridized carbons (Fsp3) is 0. The van der Waals surface area contributed by atoms with Gasteiger partial charge in [0, 0.05) is 45.4 Å². The molecule has 11 rings (SSSR count). The van der Waals surface area contributed by atoms with Gasteiger partial charge in [-0.05, 0) is 48.0 Å². The smallest absolute Gasteiger partial charge is 0.160 e. The Bertz CT molecular complexity index is 2940. The lowest BCUT2D eigenvalue weighted by Gasteiger charge is -2.19. The summed E-state index contributed by atoms with van der Waals surface area (Å²) in [6.07, 6.45) is 7.66. The molecule has 0 aliphatic rings. The van der Waals surface area contributed by atoms with Crippen LogP contribution < -0.4 is 0 Å². The SMILES string of the molecule is c1ccc(-c2cc(-c3ccc(-c4c(-n5c6ccccc6c6ncccc65)cncc4-n4c5ccccc5c5ncccc54)cc3)nc(-c3ccccc3)n2)cc1. The normalized spacial score (nSPS) is 11.6. The third kappa shape index (κ3) is 5.10. The van der Waals surface area contributed by atoms with E-state index in [1.54, 1.807) is 0 Å². The first kappa shape index (κ1) is 31.7. The fourth-order valence-electron chi connectivity index (χ4n) is 8.04. The number of para-hydroxylation sites is 2. The minimum Gasteiger partial charge on any atom is -0.305 e. The van der Waals surface area contributed by atoms with Crippen LogP contribution in [-0.2, 0) is 0 Å². The van der Waals surface area contributed by atoms with Crippen LogP contribution in [0, 0.1) is 0 Å². The summed E-state index contributed by atoms with van der Waals surface area (Å²) >= 11 is 0. The highest BCUT2D eigenvalue weighted by molar-refractivity contribution is 6.09. The van der Waals surface area contributed by atoms with Crippen LogP contribution >= 0.6 is 0 Å². The summed E-state index contributed by atoms with van der Waals surface area (Å²) in [5.74, 6) is 0.685. The van der Waals surface area contributed by atoms with E-state index in [0.29, 0.717) is 5.82 Å². The van der Waals surface area contributed by atoms with Crippen molar-refractivity contribution in [3.8, 4) is 56.4 Å². The zero-order valence-corrected chi connectivity index (χ0v) is 30.0. The van der Waals surface area contributed by atoms with E-state index in [0.717, 1.165) is 94.5 Å². The van der Waals surface area contributed by atoms with Crippen molar-refractivity contribution < 1.29 is 0 Å². The van der Waals surface area contributed by atoms with Gasteiger partial charge in [0.05, 0.1) is 68.3 Å². The first-order valence-electron chi connectivity index (χ1n) is 18.6. The van der Waals surface area contributed by atoms with Gasteiger partial charge in [0.25, 0.3) is 0 Å². The molecule has 5 aromatic carbocycles. The number of hydrogen-bond acceptors (Lipinski definition) is 5. The first-order chi connectivity index (χ1) is 27.8. The highest BCUT2D eigenvalue weighted by atomic mass is 15.1. The van der Waals surface area contributed by atoms with Crippen molar-refractivity contribution in [2.75, 3.05) is 0 Å². The second kappa shape index (κ2) is 13.0. The largest absolute Gasteiger partial charge is 0.305 e. The van der Waals surface area contributed by atoms with E-state index in [9.17, 15) is 0 Å². The first-order valence-corrected chi connectivity index (χ1v) is 18.6. The summed E-state index contributed by atoms with van der Waals surface area (Å²) in [7, 11) is 0. The minimum atomic E-state index is 0.685. The summed E-state index contributed by atoms with van der Waals surface area (Å²) in [5.41, 5.74) is 14.7. The predicted octanol–water partition coefficient (Wildman–Crippen LogP) is 11.5. The summed E-state index contributed by atoms with van der Waals surface area (Å²) < 4.78 is 4.60. The van der Waals surface area contributed by atoms with Gasteiger partial charge < -0.3 is 9.13 Å². The van der Waals surface area contributed by atoms with E-state index in [2.05, 4.69) is 124 Å². The monoisotopic (exact) mass is 717 g/mol. The molecule has 7 nitrogen and oxygen atoms in total. The average molecular weight is 718 g/mol. The van der Waals surface area contributed by atoms with Crippen molar-refractivity contribution in [3.05, 3.63) is 189 Å². The Morgan fingerprint density at radius 2 is 0.821 bits per heavy atom. The molecule has 0 amide bonds. The minimum absolute atomic E-state index is 0.685. The molecular weight excluding hydrogens is 687 g/mol. The molecule has 0 bridgehead atoms. The molecule has 0 radical (unpaired) electrons. The van der Waals surface area contributed by atoms with E-state index in [1.165, 1.54) is 0 Å². The van der Waals surface area contributed by atoms with Gasteiger partial charge in [-0.15, -0.1) is 0 Å². The van der Waals surface area contributed by atoms with Crippen molar-refractivity contribution in [1.82, 2.24) is 34.1 Å². The molecule has 0 unspecified atom stereocenters. The molecule has 0 N–H and O–H groups in total. The molecular formula is C49H31N7. The van der Waals surface area contributed by atoms with Crippen molar-refractivity contribution in [2.45, 2.75) is 0 Å². The molecule has 0 fully saturated rings. The lowest BCUT2D eigenvalue weighted by molar-refractivity contribution is 1.09. The predicted molar refractivity (Wildman–Crippen MR) is 226 cm³/mol. The third-order valence-corrected chi connectivity index (χ3v) is 10.5. The topological polar surface area (TPSA) is 74.3 Å². The lowest BCUT2D eigenvalue weighted by Crippen LogP contribution is -2.05. The van der Waals surface area contributed by atoms with Gasteiger partial charge >= 0.3 is 0 Å². The number of nitrogens with zero attached hydrogens (tertiary/aromatic N) is 7. The van der Waals surface area contributed by atoms with E-state index in [1.807, 2.05) is 73.3 Å². The maximum atomic E-state index is 5.11. The fourth-order valence-corrected chi connectivity index (χ4v) is 8.04. The lowest BCUT2D eigenvalue weighted by atomic mass is 9.99. The molecule has 6 heterocycles. The van der Waals surface area contributed by atoms with Crippen LogP contribution in [-0.4, -0.2) is 34.1 Å². The Morgan fingerprint density at radius 1 is 0.375 bits per heavy atom. The summed E-state index contributed by atoms with van der Waals surface area (Å²) in [4.78, 5) is 24.8. The van der Waals surface area contributed by atoms with Crippen molar-refractivity contribution in [1.29, 1.82) is 0 Å². The van der Waals surface area contributed by atoms with Crippen molar-refractivity contribution in [2.24, 2.45) is 0 Å². The molecule has 0 aliphatic carbocycles. The van der Waals surface area contributed by atoms with E-state index >= 15 is 0 Å². The number of hydrogen-bond donors (Lipinski definition) is 0. The maximum Gasteiger partial charge on any atom is 0.160 e. The van der Waals surface area contributed by atoms with E-state index < -0.39 is 0 Å².